The van der Waals surface area contributed by atoms with Gasteiger partial charge in [0.25, 0.3) is 5.91 Å². The van der Waals surface area contributed by atoms with Crippen molar-refractivity contribution >= 4 is 11.6 Å². The molecule has 0 saturated heterocycles. The van der Waals surface area contributed by atoms with Crippen molar-refractivity contribution in [2.45, 2.75) is 6.18 Å². The SMILES string of the molecule is CNC(=O)c1cc(N(CCO)CC(F)(F)F)ccn1. The lowest BCUT2D eigenvalue weighted by molar-refractivity contribution is -0.119. The molecule has 2 N–H and O–H groups in total. The minimum atomic E-state index is -4.40. The minimum absolute atomic E-state index is 0.0186. The minimum Gasteiger partial charge on any atom is -0.395 e. The van der Waals surface area contributed by atoms with Gasteiger partial charge in [0.2, 0.25) is 0 Å². The molecule has 19 heavy (non-hydrogen) atoms. The van der Waals surface area contributed by atoms with Gasteiger partial charge in [-0.3, -0.25) is 9.78 Å². The molecule has 0 spiro atoms. The van der Waals surface area contributed by atoms with Crippen molar-refractivity contribution < 1.29 is 23.1 Å². The Morgan fingerprint density at radius 3 is 2.74 bits per heavy atom. The van der Waals surface area contributed by atoms with Gasteiger partial charge in [-0.1, -0.05) is 0 Å². The van der Waals surface area contributed by atoms with E-state index in [1.165, 1.54) is 25.4 Å². The number of hydrogen-bond donors (Lipinski definition) is 2. The number of aromatic nitrogens is 1. The standard InChI is InChI=1S/C11H14F3N3O2/c1-15-10(19)9-6-8(2-3-16-9)17(4-5-18)7-11(12,13)14/h2-3,6,18H,4-5,7H2,1H3,(H,15,19). The van der Waals surface area contributed by atoms with E-state index in [0.717, 1.165) is 4.90 Å². The molecule has 0 fully saturated rings. The van der Waals surface area contributed by atoms with Crippen LogP contribution in [0.5, 0.6) is 0 Å². The van der Waals surface area contributed by atoms with Crippen molar-refractivity contribution in [1.82, 2.24) is 10.3 Å². The number of alkyl halides is 3. The number of nitrogens with zero attached hydrogens (tertiary/aromatic N) is 2. The first-order valence-electron chi connectivity index (χ1n) is 5.48. The molecule has 5 nitrogen and oxygen atoms in total. The third-order valence-corrected chi connectivity index (χ3v) is 2.31. The molecule has 0 aliphatic rings. The number of aliphatic hydroxyl groups excluding tert-OH is 1. The van der Waals surface area contributed by atoms with Crippen LogP contribution in [0.1, 0.15) is 10.5 Å². The van der Waals surface area contributed by atoms with Crippen molar-refractivity contribution in [2.75, 3.05) is 31.6 Å². The van der Waals surface area contributed by atoms with Gasteiger partial charge in [-0.15, -0.1) is 0 Å². The van der Waals surface area contributed by atoms with E-state index < -0.39 is 25.2 Å². The maximum Gasteiger partial charge on any atom is 0.405 e. The maximum atomic E-state index is 12.4. The molecule has 0 unspecified atom stereocenters. The second-order valence-corrected chi connectivity index (χ2v) is 3.74. The number of anilines is 1. The quantitative estimate of drug-likeness (QED) is 0.835. The van der Waals surface area contributed by atoms with E-state index in [9.17, 15) is 18.0 Å². The van der Waals surface area contributed by atoms with Gasteiger partial charge in [0.05, 0.1) is 6.61 Å². The number of hydrogen-bond acceptors (Lipinski definition) is 4. The van der Waals surface area contributed by atoms with Gasteiger partial charge in [-0.05, 0) is 12.1 Å². The highest BCUT2D eigenvalue weighted by Gasteiger charge is 2.31. The van der Waals surface area contributed by atoms with Gasteiger partial charge in [0, 0.05) is 25.5 Å². The first-order valence-corrected chi connectivity index (χ1v) is 5.48. The Kier molecular flexibility index (Phi) is 5.11. The number of carbonyl (C=O) groups is 1. The van der Waals surface area contributed by atoms with E-state index >= 15 is 0 Å². The van der Waals surface area contributed by atoms with E-state index in [-0.39, 0.29) is 17.9 Å². The van der Waals surface area contributed by atoms with Gasteiger partial charge in [0.15, 0.2) is 0 Å². The summed E-state index contributed by atoms with van der Waals surface area (Å²) in [5.74, 6) is -0.488. The fourth-order valence-corrected chi connectivity index (χ4v) is 1.50. The van der Waals surface area contributed by atoms with Crippen LogP contribution >= 0.6 is 0 Å². The molecule has 1 aromatic rings. The average molecular weight is 277 g/mol. The summed E-state index contributed by atoms with van der Waals surface area (Å²) in [5.41, 5.74) is 0.199. The van der Waals surface area contributed by atoms with Crippen LogP contribution in [0.4, 0.5) is 18.9 Å². The summed E-state index contributed by atoms with van der Waals surface area (Å²) in [5, 5.41) is 11.2. The van der Waals surface area contributed by atoms with Crippen LogP contribution in [0.15, 0.2) is 18.3 Å². The largest absolute Gasteiger partial charge is 0.405 e. The van der Waals surface area contributed by atoms with E-state index in [2.05, 4.69) is 10.3 Å². The van der Waals surface area contributed by atoms with Gasteiger partial charge < -0.3 is 15.3 Å². The number of carbonyl (C=O) groups excluding carboxylic acids is 1. The van der Waals surface area contributed by atoms with Gasteiger partial charge in [-0.25, -0.2) is 0 Å². The topological polar surface area (TPSA) is 65.5 Å². The Labute approximate surface area is 108 Å². The zero-order valence-electron chi connectivity index (χ0n) is 10.2. The number of pyridine rings is 1. The van der Waals surface area contributed by atoms with Crippen LogP contribution in [0.2, 0.25) is 0 Å². The summed E-state index contributed by atoms with van der Waals surface area (Å²) < 4.78 is 37.3. The molecule has 0 aromatic carbocycles. The summed E-state index contributed by atoms with van der Waals surface area (Å²) in [7, 11) is 1.40. The molecule has 1 aromatic heterocycles. The zero-order valence-corrected chi connectivity index (χ0v) is 10.2. The molecule has 1 heterocycles. The summed E-state index contributed by atoms with van der Waals surface area (Å²) in [6.45, 7) is -1.81. The molecular weight excluding hydrogens is 263 g/mol. The smallest absolute Gasteiger partial charge is 0.395 e. The third-order valence-electron chi connectivity index (χ3n) is 2.31. The lowest BCUT2D eigenvalue weighted by Gasteiger charge is -2.25. The molecule has 0 radical (unpaired) electrons. The van der Waals surface area contributed by atoms with Gasteiger partial charge in [0.1, 0.15) is 12.2 Å². The van der Waals surface area contributed by atoms with Crippen molar-refractivity contribution in [3.63, 3.8) is 0 Å². The fraction of sp³-hybridized carbons (Fsp3) is 0.455. The van der Waals surface area contributed by atoms with Crippen LogP contribution < -0.4 is 10.2 Å². The van der Waals surface area contributed by atoms with Crippen molar-refractivity contribution in [2.24, 2.45) is 0 Å². The zero-order chi connectivity index (χ0) is 14.5. The molecule has 0 aliphatic carbocycles. The molecule has 1 rings (SSSR count). The van der Waals surface area contributed by atoms with E-state index in [1.54, 1.807) is 0 Å². The number of aliphatic hydroxyl groups is 1. The first kappa shape index (κ1) is 15.2. The monoisotopic (exact) mass is 277 g/mol. The summed E-state index contributed by atoms with van der Waals surface area (Å²) in [6, 6.07) is 2.61. The number of nitrogens with one attached hydrogen (secondary N) is 1. The van der Waals surface area contributed by atoms with Gasteiger partial charge >= 0.3 is 6.18 Å². The Hall–Kier alpha value is -1.83. The van der Waals surface area contributed by atoms with Crippen LogP contribution in [-0.4, -0.2) is 48.9 Å². The lowest BCUT2D eigenvalue weighted by Crippen LogP contribution is -2.36. The molecule has 0 aliphatic heterocycles. The van der Waals surface area contributed by atoms with Crippen molar-refractivity contribution in [1.29, 1.82) is 0 Å². The normalized spacial score (nSPS) is 11.2. The maximum absolute atomic E-state index is 12.4. The average Bonchev–Trinajstić information content (AvgIpc) is 2.36. The summed E-state index contributed by atoms with van der Waals surface area (Å²) in [4.78, 5) is 16.1. The highest BCUT2D eigenvalue weighted by molar-refractivity contribution is 5.92. The van der Waals surface area contributed by atoms with E-state index in [0.29, 0.717) is 0 Å². The molecule has 0 saturated carbocycles. The van der Waals surface area contributed by atoms with Crippen LogP contribution in [0.25, 0.3) is 0 Å². The van der Waals surface area contributed by atoms with Crippen molar-refractivity contribution in [3.8, 4) is 0 Å². The fourth-order valence-electron chi connectivity index (χ4n) is 1.50. The van der Waals surface area contributed by atoms with Crippen LogP contribution in [-0.2, 0) is 0 Å². The molecule has 106 valence electrons. The summed E-state index contributed by atoms with van der Waals surface area (Å²) >= 11 is 0. The van der Waals surface area contributed by atoms with Gasteiger partial charge in [-0.2, -0.15) is 13.2 Å². The van der Waals surface area contributed by atoms with Crippen LogP contribution in [0.3, 0.4) is 0 Å². The number of amides is 1. The first-order chi connectivity index (χ1) is 8.87. The molecule has 1 amide bonds. The highest BCUT2D eigenvalue weighted by atomic mass is 19.4. The van der Waals surface area contributed by atoms with E-state index in [4.69, 9.17) is 5.11 Å². The highest BCUT2D eigenvalue weighted by Crippen LogP contribution is 2.22. The molecule has 8 heteroatoms. The Balaban J connectivity index is 2.99. The number of halogens is 3. The van der Waals surface area contributed by atoms with Crippen LogP contribution in [0, 0.1) is 0 Å². The lowest BCUT2D eigenvalue weighted by atomic mass is 10.2. The van der Waals surface area contributed by atoms with Crippen molar-refractivity contribution in [3.05, 3.63) is 24.0 Å². The summed E-state index contributed by atoms with van der Waals surface area (Å²) in [6.07, 6.45) is -3.15. The third kappa shape index (κ3) is 4.74. The molecule has 0 atom stereocenters. The predicted octanol–water partition coefficient (Wildman–Crippen LogP) is 0.802. The molecule has 0 bridgehead atoms. The second-order valence-electron chi connectivity index (χ2n) is 3.74. The number of rotatable bonds is 5. The predicted molar refractivity (Wildman–Crippen MR) is 63.0 cm³/mol. The van der Waals surface area contributed by atoms with E-state index in [1.807, 2.05) is 0 Å². The second kappa shape index (κ2) is 6.37. The molecular formula is C11H14F3N3O2. The Bertz CT molecular complexity index is 437. The Morgan fingerprint density at radius 2 is 2.21 bits per heavy atom. The Morgan fingerprint density at radius 1 is 1.53 bits per heavy atom.